The molecule has 0 aliphatic heterocycles. The fourth-order valence-corrected chi connectivity index (χ4v) is 5.18. The highest BCUT2D eigenvalue weighted by molar-refractivity contribution is 7.92. The summed E-state index contributed by atoms with van der Waals surface area (Å²) in [5, 5.41) is 3.54. The molecule has 0 unspecified atom stereocenters. The Kier molecular flexibility index (Phi) is 7.09. The van der Waals surface area contributed by atoms with Crippen molar-refractivity contribution < 1.29 is 13.2 Å². The van der Waals surface area contributed by atoms with E-state index in [0.717, 1.165) is 35.4 Å². The third-order valence-corrected chi connectivity index (χ3v) is 7.00. The van der Waals surface area contributed by atoms with Crippen LogP contribution in [0.2, 0.25) is 5.02 Å². The second kappa shape index (κ2) is 9.40. The number of halogens is 1. The lowest BCUT2D eigenvalue weighted by atomic mass is 9.89. The number of carbonyl (C=O) groups is 1. The SMILES string of the molecule is CC[C@H](NC(=O)CN(c1ccc(Cl)cc1C)S(C)(=O)=O)c1ccc2c(c1)CCCC2. The van der Waals surface area contributed by atoms with Crippen molar-refractivity contribution in [1.82, 2.24) is 5.32 Å². The number of nitrogens with one attached hydrogen (secondary N) is 1. The van der Waals surface area contributed by atoms with Crippen molar-refractivity contribution in [1.29, 1.82) is 0 Å². The molecule has 1 atom stereocenters. The topological polar surface area (TPSA) is 66.5 Å². The number of hydrogen-bond donors (Lipinski definition) is 1. The van der Waals surface area contributed by atoms with Gasteiger partial charge in [0.2, 0.25) is 15.9 Å². The van der Waals surface area contributed by atoms with Crippen LogP contribution in [0, 0.1) is 6.92 Å². The van der Waals surface area contributed by atoms with E-state index >= 15 is 0 Å². The first kappa shape index (κ1) is 22.6. The summed E-state index contributed by atoms with van der Waals surface area (Å²) in [6, 6.07) is 11.2. The number of benzene rings is 2. The van der Waals surface area contributed by atoms with Crippen LogP contribution in [0.4, 0.5) is 5.69 Å². The Bertz CT molecular complexity index is 1040. The quantitative estimate of drug-likeness (QED) is 0.675. The number of rotatable bonds is 7. The second-order valence-corrected chi connectivity index (χ2v) is 10.3. The maximum absolute atomic E-state index is 12.8. The molecule has 30 heavy (non-hydrogen) atoms. The zero-order valence-corrected chi connectivity index (χ0v) is 19.3. The van der Waals surface area contributed by atoms with Gasteiger partial charge in [-0.05, 0) is 79.5 Å². The van der Waals surface area contributed by atoms with E-state index in [9.17, 15) is 13.2 Å². The van der Waals surface area contributed by atoms with Gasteiger partial charge in [0.05, 0.1) is 18.0 Å². The highest BCUT2D eigenvalue weighted by Gasteiger charge is 2.24. The van der Waals surface area contributed by atoms with Gasteiger partial charge in [0.15, 0.2) is 0 Å². The lowest BCUT2D eigenvalue weighted by Gasteiger charge is -2.26. The molecular weight excluding hydrogens is 420 g/mol. The van der Waals surface area contributed by atoms with Gasteiger partial charge in [0, 0.05) is 5.02 Å². The summed E-state index contributed by atoms with van der Waals surface area (Å²) in [4.78, 5) is 12.8. The molecule has 7 heteroatoms. The van der Waals surface area contributed by atoms with Gasteiger partial charge in [-0.25, -0.2) is 8.42 Å². The molecule has 0 radical (unpaired) electrons. The third kappa shape index (κ3) is 5.35. The van der Waals surface area contributed by atoms with E-state index in [1.54, 1.807) is 25.1 Å². The number of amides is 1. The average Bonchev–Trinajstić information content (AvgIpc) is 2.69. The van der Waals surface area contributed by atoms with Crippen LogP contribution in [-0.4, -0.2) is 27.1 Å². The van der Waals surface area contributed by atoms with Crippen molar-refractivity contribution in [2.75, 3.05) is 17.1 Å². The third-order valence-electron chi connectivity index (χ3n) is 5.63. The van der Waals surface area contributed by atoms with Crippen LogP contribution in [-0.2, 0) is 27.7 Å². The number of anilines is 1. The van der Waals surface area contributed by atoms with Crippen LogP contribution in [0.15, 0.2) is 36.4 Å². The molecule has 1 amide bonds. The fraction of sp³-hybridized carbons (Fsp3) is 0.435. The summed E-state index contributed by atoms with van der Waals surface area (Å²) in [5.41, 5.74) is 4.98. The fourth-order valence-electron chi connectivity index (χ4n) is 4.04. The number of aryl methyl sites for hydroxylation is 3. The van der Waals surface area contributed by atoms with Crippen molar-refractivity contribution in [3.8, 4) is 0 Å². The largest absolute Gasteiger partial charge is 0.348 e. The molecule has 0 aromatic heterocycles. The molecule has 1 N–H and O–H groups in total. The predicted molar refractivity (Wildman–Crippen MR) is 123 cm³/mol. The molecular formula is C23H29ClN2O3S. The standard InChI is InChI=1S/C23H29ClN2O3S/c1-4-21(19-10-9-17-7-5-6-8-18(17)14-19)25-23(27)15-26(30(3,28)29)22-12-11-20(24)13-16(22)2/h9-14,21H,4-8,15H2,1-3H3,(H,25,27)/t21-/m0/s1. The Balaban J connectivity index is 1.78. The van der Waals surface area contributed by atoms with E-state index in [1.165, 1.54) is 24.0 Å². The predicted octanol–water partition coefficient (Wildman–Crippen LogP) is 4.56. The molecule has 162 valence electrons. The van der Waals surface area contributed by atoms with Crippen LogP contribution in [0.3, 0.4) is 0 Å². The van der Waals surface area contributed by atoms with Gasteiger partial charge in [0.25, 0.3) is 0 Å². The number of hydrogen-bond acceptors (Lipinski definition) is 3. The van der Waals surface area contributed by atoms with Crippen molar-refractivity contribution in [2.45, 2.75) is 52.0 Å². The second-order valence-electron chi connectivity index (χ2n) is 7.96. The van der Waals surface area contributed by atoms with Gasteiger partial charge in [-0.1, -0.05) is 36.7 Å². The molecule has 2 aromatic carbocycles. The van der Waals surface area contributed by atoms with Crippen molar-refractivity contribution in [2.24, 2.45) is 0 Å². The van der Waals surface area contributed by atoms with Gasteiger partial charge >= 0.3 is 0 Å². The van der Waals surface area contributed by atoms with Crippen LogP contribution in [0.25, 0.3) is 0 Å². The van der Waals surface area contributed by atoms with Crippen LogP contribution < -0.4 is 9.62 Å². The Morgan fingerprint density at radius 2 is 1.83 bits per heavy atom. The molecule has 1 aliphatic carbocycles. The van der Waals surface area contributed by atoms with Crippen LogP contribution >= 0.6 is 11.6 Å². The lowest BCUT2D eigenvalue weighted by molar-refractivity contribution is -0.120. The summed E-state index contributed by atoms with van der Waals surface area (Å²) >= 11 is 6.00. The number of fused-ring (bicyclic) bond motifs is 1. The monoisotopic (exact) mass is 448 g/mol. The molecule has 5 nitrogen and oxygen atoms in total. The first-order valence-corrected chi connectivity index (χ1v) is 12.6. The zero-order valence-electron chi connectivity index (χ0n) is 17.7. The normalized spacial score (nSPS) is 14.7. The molecule has 0 saturated heterocycles. The van der Waals surface area contributed by atoms with Gasteiger partial charge in [-0.15, -0.1) is 0 Å². The smallest absolute Gasteiger partial charge is 0.241 e. The van der Waals surface area contributed by atoms with Gasteiger partial charge in [0.1, 0.15) is 6.54 Å². The van der Waals surface area contributed by atoms with E-state index in [2.05, 4.69) is 23.5 Å². The number of carbonyl (C=O) groups excluding carboxylic acids is 1. The minimum Gasteiger partial charge on any atom is -0.348 e. The average molecular weight is 449 g/mol. The summed E-state index contributed by atoms with van der Waals surface area (Å²) in [6.07, 6.45) is 6.45. The maximum Gasteiger partial charge on any atom is 0.241 e. The van der Waals surface area contributed by atoms with Crippen molar-refractivity contribution in [3.63, 3.8) is 0 Å². The lowest BCUT2D eigenvalue weighted by Crippen LogP contribution is -2.41. The Labute approximate surface area is 184 Å². The van der Waals surface area contributed by atoms with E-state index in [1.807, 2.05) is 6.92 Å². The van der Waals surface area contributed by atoms with Gasteiger partial charge < -0.3 is 5.32 Å². The van der Waals surface area contributed by atoms with Gasteiger partial charge in [-0.2, -0.15) is 0 Å². The Morgan fingerprint density at radius 3 is 2.47 bits per heavy atom. The minimum absolute atomic E-state index is 0.155. The van der Waals surface area contributed by atoms with E-state index in [4.69, 9.17) is 11.6 Å². The molecule has 0 fully saturated rings. The number of nitrogens with zero attached hydrogens (tertiary/aromatic N) is 1. The Hall–Kier alpha value is -2.05. The van der Waals surface area contributed by atoms with E-state index < -0.39 is 10.0 Å². The summed E-state index contributed by atoms with van der Waals surface area (Å²) in [7, 11) is -3.64. The molecule has 0 heterocycles. The van der Waals surface area contributed by atoms with Crippen LogP contribution in [0.1, 0.15) is 54.5 Å². The minimum atomic E-state index is -3.64. The van der Waals surface area contributed by atoms with Crippen molar-refractivity contribution >= 4 is 33.2 Å². The van der Waals surface area contributed by atoms with Crippen molar-refractivity contribution in [3.05, 3.63) is 63.7 Å². The maximum atomic E-state index is 12.8. The Morgan fingerprint density at radius 1 is 1.13 bits per heavy atom. The van der Waals surface area contributed by atoms with E-state index in [0.29, 0.717) is 16.3 Å². The molecule has 1 aliphatic rings. The summed E-state index contributed by atoms with van der Waals surface area (Å²) in [5.74, 6) is -0.334. The van der Waals surface area contributed by atoms with E-state index in [-0.39, 0.29) is 18.5 Å². The summed E-state index contributed by atoms with van der Waals surface area (Å²) < 4.78 is 25.9. The highest BCUT2D eigenvalue weighted by Crippen LogP contribution is 2.27. The molecule has 0 saturated carbocycles. The number of sulfonamides is 1. The molecule has 2 aromatic rings. The molecule has 0 spiro atoms. The molecule has 0 bridgehead atoms. The highest BCUT2D eigenvalue weighted by atomic mass is 35.5. The van der Waals surface area contributed by atoms with Crippen LogP contribution in [0.5, 0.6) is 0 Å². The zero-order chi connectivity index (χ0) is 21.9. The molecule has 3 rings (SSSR count). The first-order valence-electron chi connectivity index (χ1n) is 10.3. The first-order chi connectivity index (χ1) is 14.2. The van der Waals surface area contributed by atoms with Gasteiger partial charge in [-0.3, -0.25) is 9.10 Å². The summed E-state index contributed by atoms with van der Waals surface area (Å²) in [6.45, 7) is 3.52.